The van der Waals surface area contributed by atoms with Crippen LogP contribution >= 0.6 is 0 Å². The quantitative estimate of drug-likeness (QED) is 0.495. The van der Waals surface area contributed by atoms with Crippen LogP contribution in [0.2, 0.25) is 0 Å². The molecule has 2 heterocycles. The Balaban J connectivity index is 1.39. The Labute approximate surface area is 195 Å². The molecule has 0 radical (unpaired) electrons. The second-order valence-electron chi connectivity index (χ2n) is 8.43. The number of carbonyl (C=O) groups is 1. The molecule has 0 aliphatic carbocycles. The Morgan fingerprint density at radius 1 is 1.12 bits per heavy atom. The smallest absolute Gasteiger partial charge is 0.416 e. The van der Waals surface area contributed by atoms with E-state index in [9.17, 15) is 18.0 Å². The second kappa shape index (κ2) is 9.85. The molecule has 1 aromatic heterocycles. The lowest BCUT2D eigenvalue weighted by Gasteiger charge is -2.27. The number of ether oxygens (including phenoxy) is 1. The highest BCUT2D eigenvalue weighted by molar-refractivity contribution is 5.66. The number of alkyl halides is 3. The van der Waals surface area contributed by atoms with Crippen LogP contribution in [0.3, 0.4) is 0 Å². The van der Waals surface area contributed by atoms with E-state index in [2.05, 4.69) is 4.90 Å². The van der Waals surface area contributed by atoms with Gasteiger partial charge in [0.15, 0.2) is 0 Å². The number of hydrogen-bond donors (Lipinski definition) is 1. The molecular formula is C26H25F3N2O3. The number of carboxylic acid groups (broad SMARTS) is 1. The van der Waals surface area contributed by atoms with Crippen LogP contribution in [0, 0.1) is 6.92 Å². The summed E-state index contributed by atoms with van der Waals surface area (Å²) in [6.45, 7) is 3.48. The number of hydrogen-bond acceptors (Lipinski definition) is 4. The fourth-order valence-corrected chi connectivity index (χ4v) is 4.03. The maximum atomic E-state index is 13.1. The number of aromatic nitrogens is 1. The van der Waals surface area contributed by atoms with E-state index < -0.39 is 17.7 Å². The lowest BCUT2D eigenvalue weighted by molar-refractivity contribution is -0.138. The number of pyridine rings is 1. The average Bonchev–Trinajstić information content (AvgIpc) is 2.81. The molecule has 0 bridgehead atoms. The van der Waals surface area contributed by atoms with Crippen molar-refractivity contribution in [1.29, 1.82) is 0 Å². The molecule has 0 atom stereocenters. The minimum atomic E-state index is -4.39. The number of fused-ring (bicyclic) bond motifs is 1. The van der Waals surface area contributed by atoms with Crippen molar-refractivity contribution in [2.75, 3.05) is 13.1 Å². The molecule has 0 saturated heterocycles. The molecule has 0 fully saturated rings. The van der Waals surface area contributed by atoms with Gasteiger partial charge < -0.3 is 9.84 Å². The number of halogens is 3. The van der Waals surface area contributed by atoms with Crippen LogP contribution in [0.4, 0.5) is 13.2 Å². The molecule has 4 rings (SSSR count). The number of benzene rings is 2. The number of nitrogens with zero attached hydrogens (tertiary/aromatic N) is 2. The molecule has 8 heteroatoms. The van der Waals surface area contributed by atoms with Crippen molar-refractivity contribution in [2.24, 2.45) is 0 Å². The van der Waals surface area contributed by atoms with Gasteiger partial charge in [-0.15, -0.1) is 0 Å². The van der Waals surface area contributed by atoms with E-state index in [0.717, 1.165) is 41.5 Å². The first kappa shape index (κ1) is 23.8. The molecule has 3 aromatic rings. The number of aliphatic carboxylic acids is 1. The number of rotatable bonds is 7. The van der Waals surface area contributed by atoms with Gasteiger partial charge in [0.1, 0.15) is 12.4 Å². The van der Waals surface area contributed by atoms with Crippen molar-refractivity contribution in [3.05, 3.63) is 82.5 Å². The van der Waals surface area contributed by atoms with Crippen molar-refractivity contribution < 1.29 is 27.8 Å². The first-order valence-electron chi connectivity index (χ1n) is 11.0. The summed E-state index contributed by atoms with van der Waals surface area (Å²) in [4.78, 5) is 17.7. The van der Waals surface area contributed by atoms with E-state index in [1.807, 2.05) is 24.3 Å². The monoisotopic (exact) mass is 470 g/mol. The predicted octanol–water partition coefficient (Wildman–Crippen LogP) is 5.49. The third-order valence-electron chi connectivity index (χ3n) is 5.93. The molecule has 5 nitrogen and oxygen atoms in total. The molecule has 34 heavy (non-hydrogen) atoms. The van der Waals surface area contributed by atoms with Crippen LogP contribution in [-0.2, 0) is 30.5 Å². The van der Waals surface area contributed by atoms with E-state index in [-0.39, 0.29) is 18.6 Å². The summed E-state index contributed by atoms with van der Waals surface area (Å²) in [5.41, 5.74) is 3.87. The van der Waals surface area contributed by atoms with Crippen LogP contribution < -0.4 is 4.74 Å². The average molecular weight is 470 g/mol. The lowest BCUT2D eigenvalue weighted by Crippen LogP contribution is -2.32. The van der Waals surface area contributed by atoms with Crippen molar-refractivity contribution in [2.45, 2.75) is 39.1 Å². The largest absolute Gasteiger partial charge is 0.489 e. The standard InChI is InChI=1S/C26H25F3N2O3/c1-17-2-3-18(14-22(17)26(27,28)29)16-34-21-7-4-19(5-8-21)23-9-6-20-15-31(13-11-25(32)33)12-10-24(20)30-23/h2-9,14H,10-13,15-16H2,1H3,(H,32,33). The second-order valence-corrected chi connectivity index (χ2v) is 8.43. The van der Waals surface area contributed by atoms with Gasteiger partial charge in [0, 0.05) is 37.3 Å². The van der Waals surface area contributed by atoms with Gasteiger partial charge in [-0.3, -0.25) is 14.7 Å². The van der Waals surface area contributed by atoms with Gasteiger partial charge in [0.25, 0.3) is 0 Å². The molecule has 1 aliphatic heterocycles. The van der Waals surface area contributed by atoms with Crippen molar-refractivity contribution >= 4 is 5.97 Å². The van der Waals surface area contributed by atoms with Gasteiger partial charge in [-0.05, 0) is 60.0 Å². The number of aryl methyl sites for hydroxylation is 1. The van der Waals surface area contributed by atoms with Crippen molar-refractivity contribution in [1.82, 2.24) is 9.88 Å². The highest BCUT2D eigenvalue weighted by atomic mass is 19.4. The topological polar surface area (TPSA) is 62.7 Å². The SMILES string of the molecule is Cc1ccc(COc2ccc(-c3ccc4c(n3)CCN(CCC(=O)O)C4)cc2)cc1C(F)(F)F. The Morgan fingerprint density at radius 2 is 1.88 bits per heavy atom. The normalized spacial score (nSPS) is 14.0. The molecule has 178 valence electrons. The minimum absolute atomic E-state index is 0.0399. The maximum absolute atomic E-state index is 13.1. The predicted molar refractivity (Wildman–Crippen MR) is 121 cm³/mol. The Hall–Kier alpha value is -3.39. The third-order valence-corrected chi connectivity index (χ3v) is 5.93. The molecule has 1 aliphatic rings. The van der Waals surface area contributed by atoms with Gasteiger partial charge >= 0.3 is 12.1 Å². The molecule has 0 saturated carbocycles. The molecule has 0 unspecified atom stereocenters. The Kier molecular flexibility index (Phi) is 6.88. The summed E-state index contributed by atoms with van der Waals surface area (Å²) < 4.78 is 45.0. The first-order chi connectivity index (χ1) is 16.2. The van der Waals surface area contributed by atoms with Gasteiger partial charge in [0.2, 0.25) is 0 Å². The van der Waals surface area contributed by atoms with Gasteiger partial charge in [-0.25, -0.2) is 0 Å². The third kappa shape index (κ3) is 5.75. The zero-order valence-corrected chi connectivity index (χ0v) is 18.7. The Bertz CT molecular complexity index is 1180. The molecule has 1 N–H and O–H groups in total. The summed E-state index contributed by atoms with van der Waals surface area (Å²) in [5, 5.41) is 8.87. The van der Waals surface area contributed by atoms with E-state index in [0.29, 0.717) is 24.4 Å². The van der Waals surface area contributed by atoms with Crippen LogP contribution in [0.25, 0.3) is 11.3 Å². The molecule has 2 aromatic carbocycles. The van der Waals surface area contributed by atoms with Gasteiger partial charge in [0.05, 0.1) is 17.7 Å². The van der Waals surface area contributed by atoms with Crippen LogP contribution in [0.1, 0.15) is 34.4 Å². The highest BCUT2D eigenvalue weighted by Crippen LogP contribution is 2.32. The van der Waals surface area contributed by atoms with Crippen LogP contribution in [-0.4, -0.2) is 34.0 Å². The molecule has 0 amide bonds. The van der Waals surface area contributed by atoms with E-state index in [4.69, 9.17) is 14.8 Å². The molecule has 0 spiro atoms. The van der Waals surface area contributed by atoms with Gasteiger partial charge in [-0.2, -0.15) is 13.2 Å². The van der Waals surface area contributed by atoms with Crippen molar-refractivity contribution in [3.63, 3.8) is 0 Å². The van der Waals surface area contributed by atoms with E-state index >= 15 is 0 Å². The summed E-state index contributed by atoms with van der Waals surface area (Å²) in [5.74, 6) is -0.235. The lowest BCUT2D eigenvalue weighted by atomic mass is 10.0. The highest BCUT2D eigenvalue weighted by Gasteiger charge is 2.32. The van der Waals surface area contributed by atoms with Crippen LogP contribution in [0.5, 0.6) is 5.75 Å². The number of carboxylic acids is 1. The molecular weight excluding hydrogens is 445 g/mol. The zero-order chi connectivity index (χ0) is 24.3. The minimum Gasteiger partial charge on any atom is -0.489 e. The zero-order valence-electron chi connectivity index (χ0n) is 18.7. The summed E-state index contributed by atoms with van der Waals surface area (Å²) >= 11 is 0. The first-order valence-corrected chi connectivity index (χ1v) is 11.0. The maximum Gasteiger partial charge on any atom is 0.416 e. The Morgan fingerprint density at radius 3 is 2.59 bits per heavy atom. The summed E-state index contributed by atoms with van der Waals surface area (Å²) in [7, 11) is 0. The van der Waals surface area contributed by atoms with Crippen LogP contribution in [0.15, 0.2) is 54.6 Å². The summed E-state index contributed by atoms with van der Waals surface area (Å²) in [6.07, 6.45) is -3.50. The van der Waals surface area contributed by atoms with E-state index in [1.165, 1.54) is 13.0 Å². The summed E-state index contributed by atoms with van der Waals surface area (Å²) in [6, 6.07) is 15.5. The van der Waals surface area contributed by atoms with Crippen molar-refractivity contribution in [3.8, 4) is 17.0 Å². The van der Waals surface area contributed by atoms with E-state index in [1.54, 1.807) is 18.2 Å². The van der Waals surface area contributed by atoms with Gasteiger partial charge in [-0.1, -0.05) is 18.2 Å². The fourth-order valence-electron chi connectivity index (χ4n) is 4.03. The fraction of sp³-hybridized carbons (Fsp3) is 0.308.